The van der Waals surface area contributed by atoms with Crippen LogP contribution in [0.5, 0.6) is 0 Å². The summed E-state index contributed by atoms with van der Waals surface area (Å²) >= 11 is 3.43. The number of aliphatic hydroxyl groups is 1. The minimum atomic E-state index is -0.221. The molecule has 0 saturated carbocycles. The number of piperazine rings is 1. The number of halogens is 1. The van der Waals surface area contributed by atoms with Crippen molar-refractivity contribution in [3.05, 3.63) is 64.4 Å². The Morgan fingerprint density at radius 3 is 2.56 bits per heavy atom. The quantitative estimate of drug-likeness (QED) is 0.800. The van der Waals surface area contributed by atoms with Gasteiger partial charge in [-0.3, -0.25) is 14.6 Å². The molecule has 0 unspecified atom stereocenters. The summed E-state index contributed by atoms with van der Waals surface area (Å²) in [5.41, 5.74) is 1.96. The van der Waals surface area contributed by atoms with Crippen LogP contribution < -0.4 is 0 Å². The normalized spacial score (nSPS) is 24.4. The lowest BCUT2D eigenvalue weighted by Crippen LogP contribution is -2.73. The molecule has 0 bridgehead atoms. The number of carbonyl (C=O) groups excluding carboxylic acids is 2. The Bertz CT molecular complexity index is 843. The van der Waals surface area contributed by atoms with Crippen molar-refractivity contribution >= 4 is 27.7 Å². The number of aliphatic hydroxyl groups excluding tert-OH is 1. The molecule has 2 aliphatic heterocycles. The summed E-state index contributed by atoms with van der Waals surface area (Å²) in [4.78, 5) is 32.7. The van der Waals surface area contributed by atoms with Crippen LogP contribution in [0.2, 0.25) is 0 Å². The van der Waals surface area contributed by atoms with Gasteiger partial charge in [0.25, 0.3) is 0 Å². The summed E-state index contributed by atoms with van der Waals surface area (Å²) in [5, 5.41) is 9.81. The fourth-order valence-electron chi connectivity index (χ4n) is 4.16. The maximum atomic E-state index is 12.7. The summed E-state index contributed by atoms with van der Waals surface area (Å²) in [6.07, 6.45) is 3.58. The zero-order valence-electron chi connectivity index (χ0n) is 14.7. The number of nitrogens with zero attached hydrogens (tertiary/aromatic N) is 3. The molecule has 2 aliphatic rings. The Hall–Kier alpha value is -2.25. The van der Waals surface area contributed by atoms with Gasteiger partial charge in [-0.1, -0.05) is 28.1 Å². The molecule has 2 aromatic rings. The lowest BCUT2D eigenvalue weighted by molar-refractivity contribution is -0.166. The van der Waals surface area contributed by atoms with Gasteiger partial charge in [-0.25, -0.2) is 0 Å². The number of hydrogen-bond acceptors (Lipinski definition) is 4. The number of pyridine rings is 1. The molecule has 2 saturated heterocycles. The van der Waals surface area contributed by atoms with Crippen molar-refractivity contribution < 1.29 is 14.7 Å². The van der Waals surface area contributed by atoms with Gasteiger partial charge in [0.05, 0.1) is 31.7 Å². The predicted molar refractivity (Wildman–Crippen MR) is 103 cm³/mol. The van der Waals surface area contributed by atoms with E-state index in [1.165, 1.54) is 0 Å². The van der Waals surface area contributed by atoms with Crippen molar-refractivity contribution in [2.45, 2.75) is 24.4 Å². The zero-order chi connectivity index (χ0) is 19.0. The minimum absolute atomic E-state index is 0.0311. The number of benzene rings is 1. The number of fused-ring (bicyclic) bond motifs is 1. The first-order valence-corrected chi connectivity index (χ1v) is 9.72. The number of aromatic nitrogens is 1. The first-order valence-electron chi connectivity index (χ1n) is 8.92. The largest absolute Gasteiger partial charge is 0.394 e. The molecule has 27 heavy (non-hydrogen) atoms. The van der Waals surface area contributed by atoms with Crippen molar-refractivity contribution in [3.63, 3.8) is 0 Å². The monoisotopic (exact) mass is 429 g/mol. The Kier molecular flexibility index (Phi) is 4.97. The van der Waals surface area contributed by atoms with E-state index in [1.54, 1.807) is 22.2 Å². The molecule has 4 rings (SSSR count). The lowest BCUT2D eigenvalue weighted by Gasteiger charge is -2.58. The Morgan fingerprint density at radius 2 is 1.89 bits per heavy atom. The highest BCUT2D eigenvalue weighted by Gasteiger charge is 2.54. The second kappa shape index (κ2) is 7.40. The van der Waals surface area contributed by atoms with Crippen LogP contribution in [-0.2, 0) is 16.0 Å². The Labute approximate surface area is 165 Å². The van der Waals surface area contributed by atoms with Crippen molar-refractivity contribution in [1.29, 1.82) is 0 Å². The van der Waals surface area contributed by atoms with Gasteiger partial charge in [0.2, 0.25) is 11.8 Å². The van der Waals surface area contributed by atoms with E-state index in [4.69, 9.17) is 0 Å². The average Bonchev–Trinajstić information content (AvgIpc) is 2.65. The third-order valence-electron chi connectivity index (χ3n) is 5.46. The van der Waals surface area contributed by atoms with Gasteiger partial charge in [-0.05, 0) is 35.4 Å². The van der Waals surface area contributed by atoms with E-state index in [-0.39, 0.29) is 49.4 Å². The fraction of sp³-hybridized carbons (Fsp3) is 0.350. The maximum Gasteiger partial charge on any atom is 0.242 e. The van der Waals surface area contributed by atoms with Gasteiger partial charge in [-0.15, -0.1) is 0 Å². The van der Waals surface area contributed by atoms with E-state index in [2.05, 4.69) is 20.9 Å². The molecule has 6 nitrogen and oxygen atoms in total. The smallest absolute Gasteiger partial charge is 0.242 e. The van der Waals surface area contributed by atoms with Crippen molar-refractivity contribution in [2.24, 2.45) is 0 Å². The molecule has 1 N–H and O–H groups in total. The topological polar surface area (TPSA) is 73.7 Å². The van der Waals surface area contributed by atoms with E-state index in [1.807, 2.05) is 36.4 Å². The van der Waals surface area contributed by atoms with Crippen molar-refractivity contribution in [3.8, 4) is 0 Å². The summed E-state index contributed by atoms with van der Waals surface area (Å²) < 4.78 is 0.983. The summed E-state index contributed by atoms with van der Waals surface area (Å²) in [5.74, 6) is -0.124. The second-order valence-electron chi connectivity index (χ2n) is 7.00. The van der Waals surface area contributed by atoms with Gasteiger partial charge in [0.1, 0.15) is 0 Å². The lowest BCUT2D eigenvalue weighted by atomic mass is 9.73. The third kappa shape index (κ3) is 3.37. The average molecular weight is 430 g/mol. The van der Waals surface area contributed by atoms with Crippen molar-refractivity contribution in [2.75, 3.05) is 19.7 Å². The molecule has 0 spiro atoms. The molecule has 3 heterocycles. The predicted octanol–water partition coefficient (Wildman–Crippen LogP) is 1.58. The van der Waals surface area contributed by atoms with Crippen LogP contribution >= 0.6 is 15.9 Å². The van der Waals surface area contributed by atoms with Gasteiger partial charge < -0.3 is 14.9 Å². The molecule has 0 aliphatic carbocycles. The number of hydrogen-bond donors (Lipinski definition) is 1. The maximum absolute atomic E-state index is 12.7. The highest BCUT2D eigenvalue weighted by molar-refractivity contribution is 9.10. The molecule has 1 aromatic carbocycles. The standard InChI is InChI=1S/C20H20BrN3O3/c21-15-3-1-14(2-4-15)20-16-10-23(11-19(27)24(16)17(20)12-25)18(26)9-13-5-7-22-8-6-13/h1-8,16-17,20,25H,9-12H2/t16-,17+,20-/m1/s1. The molecular formula is C20H20BrN3O3. The molecule has 2 fully saturated rings. The van der Waals surface area contributed by atoms with E-state index >= 15 is 0 Å². The number of rotatable bonds is 4. The molecule has 2 amide bonds. The van der Waals surface area contributed by atoms with Crippen LogP contribution in [0.4, 0.5) is 0 Å². The van der Waals surface area contributed by atoms with E-state index < -0.39 is 0 Å². The Balaban J connectivity index is 1.52. The van der Waals surface area contributed by atoms with Crippen LogP contribution in [0, 0.1) is 0 Å². The van der Waals surface area contributed by atoms with E-state index in [9.17, 15) is 14.7 Å². The second-order valence-corrected chi connectivity index (χ2v) is 7.92. The molecule has 3 atom stereocenters. The SMILES string of the molecule is O=C(Cc1ccncc1)N1CC(=O)N2[C@H](C1)[C@@H](c1ccc(Br)cc1)[C@@H]2CO. The zero-order valence-corrected chi connectivity index (χ0v) is 16.2. The first kappa shape index (κ1) is 18.1. The first-order chi connectivity index (χ1) is 13.1. The summed E-state index contributed by atoms with van der Waals surface area (Å²) in [6.45, 7) is 0.491. The molecule has 140 valence electrons. The van der Waals surface area contributed by atoms with E-state index in [0.29, 0.717) is 6.54 Å². The molecule has 0 radical (unpaired) electrons. The van der Waals surface area contributed by atoms with Crippen LogP contribution in [0.15, 0.2) is 53.3 Å². The number of carbonyl (C=O) groups is 2. The molecule has 7 heteroatoms. The van der Waals surface area contributed by atoms with Crippen molar-refractivity contribution in [1.82, 2.24) is 14.8 Å². The third-order valence-corrected chi connectivity index (χ3v) is 5.99. The van der Waals surface area contributed by atoms with Gasteiger partial charge in [0.15, 0.2) is 0 Å². The highest BCUT2D eigenvalue weighted by atomic mass is 79.9. The van der Waals surface area contributed by atoms with Crippen LogP contribution in [0.3, 0.4) is 0 Å². The molecular weight excluding hydrogens is 410 g/mol. The summed E-state index contributed by atoms with van der Waals surface area (Å²) in [6, 6.07) is 11.3. The van der Waals surface area contributed by atoms with E-state index in [0.717, 1.165) is 15.6 Å². The van der Waals surface area contributed by atoms with Crippen LogP contribution in [0.25, 0.3) is 0 Å². The van der Waals surface area contributed by atoms with Gasteiger partial charge in [0, 0.05) is 29.3 Å². The minimum Gasteiger partial charge on any atom is -0.394 e. The molecule has 1 aromatic heterocycles. The highest BCUT2D eigenvalue weighted by Crippen LogP contribution is 2.43. The fourth-order valence-corrected chi connectivity index (χ4v) is 4.43. The van der Waals surface area contributed by atoms with Gasteiger partial charge in [-0.2, -0.15) is 0 Å². The van der Waals surface area contributed by atoms with Crippen LogP contribution in [-0.4, -0.2) is 63.5 Å². The van der Waals surface area contributed by atoms with Crippen LogP contribution in [0.1, 0.15) is 17.0 Å². The Morgan fingerprint density at radius 1 is 1.19 bits per heavy atom. The number of amides is 2. The van der Waals surface area contributed by atoms with Gasteiger partial charge >= 0.3 is 0 Å². The summed E-state index contributed by atoms with van der Waals surface area (Å²) in [7, 11) is 0.